The summed E-state index contributed by atoms with van der Waals surface area (Å²) in [6.07, 6.45) is 8.22. The van der Waals surface area contributed by atoms with Gasteiger partial charge in [-0.2, -0.15) is 0 Å². The quantitative estimate of drug-likeness (QED) is 0.330. The summed E-state index contributed by atoms with van der Waals surface area (Å²) in [7, 11) is 1.97. The summed E-state index contributed by atoms with van der Waals surface area (Å²) in [4.78, 5) is 18.5. The van der Waals surface area contributed by atoms with E-state index in [1.165, 1.54) is 23.6 Å². The Balaban J connectivity index is 1.92. The molecule has 0 fully saturated rings. The van der Waals surface area contributed by atoms with Crippen LogP contribution in [0.25, 0.3) is 37.7 Å². The number of fused-ring (bicyclic) bond motifs is 1. The Labute approximate surface area is 171 Å². The van der Waals surface area contributed by atoms with E-state index in [-0.39, 0.29) is 5.82 Å². The van der Waals surface area contributed by atoms with Crippen molar-refractivity contribution in [2.45, 2.75) is 6.92 Å². The number of allylic oxidation sites excluding steroid dienone is 2. The molecule has 0 atom stereocenters. The fraction of sp³-hybridized carbons (Fsp3) is 0.0909. The smallest absolute Gasteiger partial charge is 0.142 e. The Bertz CT molecular complexity index is 1280. The molecule has 0 aliphatic rings. The first-order chi connectivity index (χ1) is 14.0. The van der Waals surface area contributed by atoms with Crippen molar-refractivity contribution in [3.8, 4) is 21.1 Å². The van der Waals surface area contributed by atoms with Gasteiger partial charge in [0.15, 0.2) is 0 Å². The van der Waals surface area contributed by atoms with Crippen molar-refractivity contribution >= 4 is 34.7 Å². The van der Waals surface area contributed by atoms with Gasteiger partial charge in [0.2, 0.25) is 0 Å². The van der Waals surface area contributed by atoms with Crippen molar-refractivity contribution in [3.05, 3.63) is 72.7 Å². The highest BCUT2D eigenvalue weighted by molar-refractivity contribution is 7.18. The molecular weight excluding hydrogens is 385 g/mol. The average molecular weight is 403 g/mol. The molecule has 0 amide bonds. The maximum Gasteiger partial charge on any atom is 0.142 e. The first-order valence-corrected chi connectivity index (χ1v) is 9.68. The molecule has 7 heteroatoms. The lowest BCUT2D eigenvalue weighted by Gasteiger charge is -2.08. The number of halogens is 1. The number of nitrogens with zero attached hydrogens (tertiary/aromatic N) is 5. The van der Waals surface area contributed by atoms with E-state index in [4.69, 9.17) is 4.98 Å². The summed E-state index contributed by atoms with van der Waals surface area (Å²) in [5, 5.41) is 1.73. The van der Waals surface area contributed by atoms with E-state index < -0.39 is 0 Å². The van der Waals surface area contributed by atoms with Crippen molar-refractivity contribution in [2.24, 2.45) is 12.0 Å². The fourth-order valence-corrected chi connectivity index (χ4v) is 4.23. The van der Waals surface area contributed by atoms with Crippen molar-refractivity contribution in [1.82, 2.24) is 19.5 Å². The summed E-state index contributed by atoms with van der Waals surface area (Å²) in [5.74, 6) is -0.390. The minimum absolute atomic E-state index is 0.390. The van der Waals surface area contributed by atoms with Crippen LogP contribution in [-0.2, 0) is 7.05 Å². The number of hydrogen-bond donors (Lipinski definition) is 0. The number of hydrogen-bond acceptors (Lipinski definition) is 5. The van der Waals surface area contributed by atoms with Crippen molar-refractivity contribution in [3.63, 3.8) is 0 Å². The molecular formula is C22H18FN5S. The van der Waals surface area contributed by atoms with Gasteiger partial charge in [-0.25, -0.2) is 14.4 Å². The zero-order valence-corrected chi connectivity index (χ0v) is 16.9. The van der Waals surface area contributed by atoms with Gasteiger partial charge in [-0.15, -0.1) is 11.3 Å². The van der Waals surface area contributed by atoms with E-state index in [0.29, 0.717) is 16.3 Å². The van der Waals surface area contributed by atoms with Crippen LogP contribution in [0.2, 0.25) is 0 Å². The van der Waals surface area contributed by atoms with Crippen molar-refractivity contribution in [2.75, 3.05) is 0 Å². The third kappa shape index (κ3) is 3.40. The molecule has 0 unspecified atom stereocenters. The molecule has 4 heterocycles. The standard InChI is InChI=1S/C22H18FN5S/c1-5-6-17(24-3)19-20-14(7-8-28(20)4)10-18(27-19)21-13(2)26-22(29-21)15-9-16(23)12-25-11-15/h5-12H,1,3H2,2,4H3/b17-6-. The lowest BCUT2D eigenvalue weighted by molar-refractivity contribution is 0.622. The molecule has 29 heavy (non-hydrogen) atoms. The Morgan fingerprint density at radius 1 is 1.28 bits per heavy atom. The van der Waals surface area contributed by atoms with Crippen LogP contribution < -0.4 is 0 Å². The molecule has 0 radical (unpaired) electrons. The van der Waals surface area contributed by atoms with E-state index >= 15 is 0 Å². The fourth-order valence-electron chi connectivity index (χ4n) is 3.22. The van der Waals surface area contributed by atoms with Crippen LogP contribution in [0.4, 0.5) is 4.39 Å². The van der Waals surface area contributed by atoms with Crippen LogP contribution in [0.3, 0.4) is 0 Å². The van der Waals surface area contributed by atoms with Gasteiger partial charge in [-0.1, -0.05) is 12.7 Å². The zero-order valence-electron chi connectivity index (χ0n) is 16.1. The van der Waals surface area contributed by atoms with Gasteiger partial charge in [0.05, 0.1) is 33.7 Å². The maximum atomic E-state index is 13.6. The molecule has 0 aromatic carbocycles. The van der Waals surface area contributed by atoms with Gasteiger partial charge in [0.25, 0.3) is 0 Å². The summed E-state index contributed by atoms with van der Waals surface area (Å²) in [5.41, 5.74) is 4.58. The molecule has 0 saturated carbocycles. The molecule has 0 aliphatic heterocycles. The average Bonchev–Trinajstić information content (AvgIpc) is 3.28. The van der Waals surface area contributed by atoms with Crippen molar-refractivity contribution in [1.29, 1.82) is 0 Å². The molecule has 0 saturated heterocycles. The Morgan fingerprint density at radius 3 is 2.83 bits per heavy atom. The lowest BCUT2D eigenvalue weighted by atomic mass is 10.1. The number of thiazole rings is 1. The predicted molar refractivity (Wildman–Crippen MR) is 117 cm³/mol. The largest absolute Gasteiger partial charge is 0.349 e. The van der Waals surface area contributed by atoms with Gasteiger partial charge in [-0.05, 0) is 37.9 Å². The number of aryl methyl sites for hydroxylation is 2. The molecule has 0 spiro atoms. The van der Waals surface area contributed by atoms with Crippen LogP contribution in [0.15, 0.2) is 60.5 Å². The summed E-state index contributed by atoms with van der Waals surface area (Å²) in [6.45, 7) is 9.36. The minimum Gasteiger partial charge on any atom is -0.349 e. The van der Waals surface area contributed by atoms with Gasteiger partial charge in [0, 0.05) is 30.4 Å². The van der Waals surface area contributed by atoms with E-state index in [2.05, 4.69) is 28.3 Å². The summed E-state index contributed by atoms with van der Waals surface area (Å²) >= 11 is 1.46. The number of pyridine rings is 2. The molecule has 4 rings (SSSR count). The third-order valence-electron chi connectivity index (χ3n) is 4.52. The Morgan fingerprint density at radius 2 is 2.10 bits per heavy atom. The van der Waals surface area contributed by atoms with Gasteiger partial charge < -0.3 is 4.57 Å². The first kappa shape index (κ1) is 18.9. The molecule has 4 aromatic rings. The molecule has 0 N–H and O–H groups in total. The van der Waals surface area contributed by atoms with Gasteiger partial charge in [-0.3, -0.25) is 9.98 Å². The molecule has 0 aliphatic carbocycles. The SMILES string of the molecule is C=C/C=C(\N=C)c1nc(-c2sc(-c3cncc(F)c3)nc2C)cc2ccn(C)c12. The number of aromatic nitrogens is 4. The number of aliphatic imine (C=N–C) groups is 1. The third-order valence-corrected chi connectivity index (χ3v) is 5.75. The highest BCUT2D eigenvalue weighted by Gasteiger charge is 2.18. The Hall–Kier alpha value is -3.45. The van der Waals surface area contributed by atoms with E-state index in [0.717, 1.165) is 32.9 Å². The monoisotopic (exact) mass is 403 g/mol. The van der Waals surface area contributed by atoms with Crippen LogP contribution in [-0.4, -0.2) is 26.2 Å². The van der Waals surface area contributed by atoms with E-state index in [9.17, 15) is 4.39 Å². The predicted octanol–water partition coefficient (Wildman–Crippen LogP) is 5.43. The van der Waals surface area contributed by atoms with Crippen LogP contribution >= 0.6 is 11.3 Å². The Kier molecular flexibility index (Phi) is 4.90. The normalized spacial score (nSPS) is 11.8. The lowest BCUT2D eigenvalue weighted by Crippen LogP contribution is -1.97. The minimum atomic E-state index is -0.390. The highest BCUT2D eigenvalue weighted by Crippen LogP contribution is 2.37. The summed E-state index contributed by atoms with van der Waals surface area (Å²) < 4.78 is 15.6. The van der Waals surface area contributed by atoms with Crippen LogP contribution in [0.5, 0.6) is 0 Å². The zero-order chi connectivity index (χ0) is 20.5. The van der Waals surface area contributed by atoms with E-state index in [1.54, 1.807) is 18.3 Å². The second kappa shape index (κ2) is 7.52. The van der Waals surface area contributed by atoms with Crippen molar-refractivity contribution < 1.29 is 4.39 Å². The maximum absolute atomic E-state index is 13.6. The summed E-state index contributed by atoms with van der Waals surface area (Å²) in [6, 6.07) is 5.49. The highest BCUT2D eigenvalue weighted by atomic mass is 32.1. The molecule has 4 aromatic heterocycles. The second-order valence-electron chi connectivity index (χ2n) is 6.49. The number of rotatable bonds is 5. The van der Waals surface area contributed by atoms with E-state index in [1.807, 2.05) is 36.9 Å². The first-order valence-electron chi connectivity index (χ1n) is 8.86. The topological polar surface area (TPSA) is 56.0 Å². The van der Waals surface area contributed by atoms with Crippen LogP contribution in [0.1, 0.15) is 11.4 Å². The molecule has 5 nitrogen and oxygen atoms in total. The molecule has 0 bridgehead atoms. The van der Waals surface area contributed by atoms with Gasteiger partial charge >= 0.3 is 0 Å². The van der Waals surface area contributed by atoms with Crippen LogP contribution in [0, 0.1) is 12.7 Å². The van der Waals surface area contributed by atoms with Gasteiger partial charge in [0.1, 0.15) is 16.5 Å². The molecule has 144 valence electrons. The second-order valence-corrected chi connectivity index (χ2v) is 7.49.